The van der Waals surface area contributed by atoms with Gasteiger partial charge in [-0.1, -0.05) is 30.3 Å². The van der Waals surface area contributed by atoms with Gasteiger partial charge in [-0.2, -0.15) is 0 Å². The third-order valence-electron chi connectivity index (χ3n) is 4.60. The maximum atomic E-state index is 12.3. The Kier molecular flexibility index (Phi) is 9.14. The molecule has 7 heteroatoms. The molecule has 2 aromatic rings. The minimum Gasteiger partial charge on any atom is -0.480 e. The zero-order valence-electron chi connectivity index (χ0n) is 16.7. The van der Waals surface area contributed by atoms with Crippen molar-refractivity contribution in [3.05, 3.63) is 60.2 Å². The molecule has 4 N–H and O–H groups in total. The molecule has 0 saturated heterocycles. The van der Waals surface area contributed by atoms with E-state index in [2.05, 4.69) is 10.6 Å². The standard InChI is InChI=1S/C22H29N3O4/c1-2-25(14-15-26)19-10-8-18(9-11-19)24-21(27)16-20(22(28)29)23-13-12-17-6-4-3-5-7-17/h3-11,20,23,26H,2,12-16H2,1H3,(H,24,27)(H,28,29). The summed E-state index contributed by atoms with van der Waals surface area (Å²) >= 11 is 0. The topological polar surface area (TPSA) is 102 Å². The van der Waals surface area contributed by atoms with Gasteiger partial charge in [-0.3, -0.25) is 9.59 Å². The number of hydrogen-bond donors (Lipinski definition) is 4. The van der Waals surface area contributed by atoms with Crippen molar-refractivity contribution in [2.45, 2.75) is 25.8 Å². The van der Waals surface area contributed by atoms with Gasteiger partial charge in [0.05, 0.1) is 13.0 Å². The third-order valence-corrected chi connectivity index (χ3v) is 4.60. The van der Waals surface area contributed by atoms with Gasteiger partial charge in [0.25, 0.3) is 0 Å². The molecule has 7 nitrogen and oxygen atoms in total. The Balaban J connectivity index is 1.85. The van der Waals surface area contributed by atoms with Crippen LogP contribution in [0.15, 0.2) is 54.6 Å². The SMILES string of the molecule is CCN(CCO)c1ccc(NC(=O)CC(NCCc2ccccc2)C(=O)O)cc1. The first-order valence-corrected chi connectivity index (χ1v) is 9.79. The van der Waals surface area contributed by atoms with Gasteiger partial charge in [-0.05, 0) is 49.7 Å². The number of nitrogens with zero attached hydrogens (tertiary/aromatic N) is 1. The molecule has 1 unspecified atom stereocenters. The summed E-state index contributed by atoms with van der Waals surface area (Å²) in [5.41, 5.74) is 2.66. The van der Waals surface area contributed by atoms with E-state index in [-0.39, 0.29) is 18.9 Å². The number of benzene rings is 2. The molecular formula is C22H29N3O4. The summed E-state index contributed by atoms with van der Waals surface area (Å²) in [5, 5.41) is 24.2. The number of carboxylic acid groups (broad SMARTS) is 1. The molecule has 0 radical (unpaired) electrons. The summed E-state index contributed by atoms with van der Waals surface area (Å²) in [7, 11) is 0. The number of anilines is 2. The minimum atomic E-state index is -1.05. The first-order chi connectivity index (χ1) is 14.0. The Hall–Kier alpha value is -2.90. The van der Waals surface area contributed by atoms with E-state index in [0.29, 0.717) is 25.2 Å². The van der Waals surface area contributed by atoms with Crippen molar-refractivity contribution in [2.75, 3.05) is 36.5 Å². The van der Waals surface area contributed by atoms with Crippen molar-refractivity contribution in [3.63, 3.8) is 0 Å². The predicted molar refractivity (Wildman–Crippen MR) is 114 cm³/mol. The smallest absolute Gasteiger partial charge is 0.321 e. The predicted octanol–water partition coefficient (Wildman–Crippen LogP) is 2.12. The average molecular weight is 399 g/mol. The van der Waals surface area contributed by atoms with Crippen molar-refractivity contribution in [3.8, 4) is 0 Å². The summed E-state index contributed by atoms with van der Waals surface area (Å²) in [6.45, 7) is 3.85. The van der Waals surface area contributed by atoms with Crippen LogP contribution in [0.5, 0.6) is 0 Å². The van der Waals surface area contributed by atoms with Crippen molar-refractivity contribution >= 4 is 23.3 Å². The molecule has 0 aliphatic heterocycles. The van der Waals surface area contributed by atoms with Crippen LogP contribution in [0.1, 0.15) is 18.9 Å². The first kappa shape index (κ1) is 22.4. The summed E-state index contributed by atoms with van der Waals surface area (Å²) in [5.74, 6) is -1.41. The summed E-state index contributed by atoms with van der Waals surface area (Å²) in [6.07, 6.45) is 0.535. The van der Waals surface area contributed by atoms with Crippen LogP contribution in [0, 0.1) is 0 Å². The van der Waals surface area contributed by atoms with E-state index < -0.39 is 12.0 Å². The van der Waals surface area contributed by atoms with Gasteiger partial charge in [-0.15, -0.1) is 0 Å². The number of aliphatic hydroxyl groups is 1. The normalized spacial score (nSPS) is 11.7. The first-order valence-electron chi connectivity index (χ1n) is 9.79. The number of nitrogens with one attached hydrogen (secondary N) is 2. The Morgan fingerprint density at radius 1 is 1.07 bits per heavy atom. The van der Waals surface area contributed by atoms with E-state index in [4.69, 9.17) is 5.11 Å². The lowest BCUT2D eigenvalue weighted by atomic mass is 10.1. The molecule has 0 spiro atoms. The van der Waals surface area contributed by atoms with Crippen LogP contribution in [0.3, 0.4) is 0 Å². The second-order valence-corrected chi connectivity index (χ2v) is 6.68. The Morgan fingerprint density at radius 3 is 2.34 bits per heavy atom. The van der Waals surface area contributed by atoms with Gasteiger partial charge < -0.3 is 25.7 Å². The van der Waals surface area contributed by atoms with Crippen molar-refractivity contribution < 1.29 is 19.8 Å². The Bertz CT molecular complexity index is 765. The molecule has 156 valence electrons. The second-order valence-electron chi connectivity index (χ2n) is 6.68. The minimum absolute atomic E-state index is 0.0696. The molecule has 0 bridgehead atoms. The second kappa shape index (κ2) is 11.8. The molecule has 0 aromatic heterocycles. The zero-order valence-corrected chi connectivity index (χ0v) is 16.7. The lowest BCUT2D eigenvalue weighted by Crippen LogP contribution is -2.40. The van der Waals surface area contributed by atoms with Crippen molar-refractivity contribution in [1.82, 2.24) is 5.32 Å². The molecule has 0 aliphatic carbocycles. The fourth-order valence-electron chi connectivity index (χ4n) is 3.03. The largest absolute Gasteiger partial charge is 0.480 e. The molecule has 2 rings (SSSR count). The number of rotatable bonds is 12. The highest BCUT2D eigenvalue weighted by atomic mass is 16.4. The monoisotopic (exact) mass is 399 g/mol. The lowest BCUT2D eigenvalue weighted by Gasteiger charge is -2.22. The van der Waals surface area contributed by atoms with Gasteiger partial charge >= 0.3 is 5.97 Å². The number of carboxylic acids is 1. The highest BCUT2D eigenvalue weighted by Gasteiger charge is 2.20. The molecule has 0 saturated carbocycles. The van der Waals surface area contributed by atoms with E-state index in [0.717, 1.165) is 17.8 Å². The van der Waals surface area contributed by atoms with E-state index >= 15 is 0 Å². The van der Waals surface area contributed by atoms with Crippen LogP contribution < -0.4 is 15.5 Å². The molecule has 0 heterocycles. The van der Waals surface area contributed by atoms with Crippen molar-refractivity contribution in [1.29, 1.82) is 0 Å². The van der Waals surface area contributed by atoms with E-state index in [1.54, 1.807) is 12.1 Å². The summed E-state index contributed by atoms with van der Waals surface area (Å²) in [6, 6.07) is 16.1. The quantitative estimate of drug-likeness (QED) is 0.436. The van der Waals surface area contributed by atoms with E-state index in [9.17, 15) is 14.7 Å². The van der Waals surface area contributed by atoms with Crippen LogP contribution in [-0.2, 0) is 16.0 Å². The number of carbonyl (C=O) groups excluding carboxylic acids is 1. The van der Waals surface area contributed by atoms with Crippen LogP contribution in [0.2, 0.25) is 0 Å². The summed E-state index contributed by atoms with van der Waals surface area (Å²) in [4.78, 5) is 25.8. The molecule has 0 aliphatic rings. The third kappa shape index (κ3) is 7.56. The molecule has 29 heavy (non-hydrogen) atoms. The molecule has 1 atom stereocenters. The molecular weight excluding hydrogens is 370 g/mol. The maximum Gasteiger partial charge on any atom is 0.321 e. The van der Waals surface area contributed by atoms with E-state index in [1.165, 1.54) is 0 Å². The number of hydrogen-bond acceptors (Lipinski definition) is 5. The van der Waals surface area contributed by atoms with Gasteiger partial charge in [0.2, 0.25) is 5.91 Å². The van der Waals surface area contributed by atoms with Gasteiger partial charge in [-0.25, -0.2) is 0 Å². The number of amides is 1. The fraction of sp³-hybridized carbons (Fsp3) is 0.364. The fourth-order valence-corrected chi connectivity index (χ4v) is 3.03. The van der Waals surface area contributed by atoms with Gasteiger partial charge in [0.1, 0.15) is 6.04 Å². The highest BCUT2D eigenvalue weighted by molar-refractivity contribution is 5.94. The maximum absolute atomic E-state index is 12.3. The van der Waals surface area contributed by atoms with Crippen LogP contribution in [-0.4, -0.2) is 54.4 Å². The Labute approximate surface area is 171 Å². The molecule has 2 aromatic carbocycles. The van der Waals surface area contributed by atoms with Gasteiger partial charge in [0, 0.05) is 24.5 Å². The number of carbonyl (C=O) groups is 2. The van der Waals surface area contributed by atoms with Crippen LogP contribution in [0.25, 0.3) is 0 Å². The zero-order chi connectivity index (χ0) is 21.1. The van der Waals surface area contributed by atoms with Crippen LogP contribution in [0.4, 0.5) is 11.4 Å². The number of aliphatic hydroxyl groups excluding tert-OH is 1. The Morgan fingerprint density at radius 2 is 1.76 bits per heavy atom. The lowest BCUT2D eigenvalue weighted by molar-refractivity contribution is -0.141. The van der Waals surface area contributed by atoms with Gasteiger partial charge in [0.15, 0.2) is 0 Å². The summed E-state index contributed by atoms with van der Waals surface area (Å²) < 4.78 is 0. The average Bonchev–Trinajstić information content (AvgIpc) is 2.72. The molecule has 0 fully saturated rings. The van der Waals surface area contributed by atoms with Crippen molar-refractivity contribution in [2.24, 2.45) is 0 Å². The highest BCUT2D eigenvalue weighted by Crippen LogP contribution is 2.18. The number of likely N-dealkylation sites (N-methyl/N-ethyl adjacent to an activating group) is 1. The molecule has 1 amide bonds. The van der Waals surface area contributed by atoms with Crippen LogP contribution >= 0.6 is 0 Å². The van der Waals surface area contributed by atoms with E-state index in [1.807, 2.05) is 54.3 Å². The number of aliphatic carboxylic acids is 1.